The number of methoxy groups -OCH3 is 1. The zero-order valence-electron chi connectivity index (χ0n) is 37.7. The number of pyridine rings is 2. The van der Waals surface area contributed by atoms with Gasteiger partial charge in [0.15, 0.2) is 11.4 Å². The van der Waals surface area contributed by atoms with E-state index in [1.54, 1.807) is 62.4 Å². The van der Waals surface area contributed by atoms with E-state index in [4.69, 9.17) is 60.6 Å². The Morgan fingerprint density at radius 3 is 1.64 bits per heavy atom. The molecule has 15 nitrogen and oxygen atoms in total. The number of sulfonamides is 2. The van der Waals surface area contributed by atoms with E-state index in [1.807, 2.05) is 0 Å². The van der Waals surface area contributed by atoms with Crippen LogP contribution >= 0.6 is 46.4 Å². The number of benzene rings is 4. The number of nitrogens with zero attached hydrogens (tertiary/aromatic N) is 5. The second-order valence-electron chi connectivity index (χ2n) is 15.9. The van der Waals surface area contributed by atoms with Crippen LogP contribution in [0.25, 0.3) is 0 Å². The lowest BCUT2D eigenvalue weighted by Gasteiger charge is -2.34. The lowest BCUT2D eigenvalue weighted by Crippen LogP contribution is -2.43. The average molecular weight is 1140 g/mol. The number of carbonyl (C=O) groups is 2. The van der Waals surface area contributed by atoms with Gasteiger partial charge in [0.2, 0.25) is 0 Å². The third-order valence-corrected chi connectivity index (χ3v) is 14.7. The zero-order valence-corrected chi connectivity index (χ0v) is 42.3. The van der Waals surface area contributed by atoms with Gasteiger partial charge in [0.25, 0.3) is 31.9 Å². The molecule has 8 rings (SSSR count). The van der Waals surface area contributed by atoms with Gasteiger partial charge in [-0.2, -0.15) is 26.3 Å². The van der Waals surface area contributed by atoms with Crippen LogP contribution in [0.15, 0.2) is 119 Å². The van der Waals surface area contributed by atoms with Crippen LogP contribution in [0.5, 0.6) is 11.5 Å². The van der Waals surface area contributed by atoms with Crippen molar-refractivity contribution in [1.82, 2.24) is 9.97 Å². The van der Waals surface area contributed by atoms with Crippen LogP contribution < -0.4 is 28.3 Å². The number of alkyl halides is 6. The van der Waals surface area contributed by atoms with Crippen LogP contribution in [0.4, 0.5) is 49.1 Å². The Morgan fingerprint density at radius 1 is 0.685 bits per heavy atom. The summed E-state index contributed by atoms with van der Waals surface area (Å²) in [6.07, 6.45) is -8.22. The quantitative estimate of drug-likeness (QED) is 0.102. The zero-order chi connectivity index (χ0) is 53.4. The molecule has 1 N–H and O–H groups in total. The molecule has 2 atom stereocenters. The van der Waals surface area contributed by atoms with E-state index in [-0.39, 0.29) is 52.0 Å². The average Bonchev–Trinajstić information content (AvgIpc) is 3.31. The van der Waals surface area contributed by atoms with Crippen molar-refractivity contribution in [2.45, 2.75) is 48.2 Å². The standard InChI is InChI=1S/C24H20Cl2F3N3O5S.C22H16Cl2F3N3O4S/c1-14-12-31(19-5-3-4-6-21(19)37-14)23(33)22-20(9-15(25)11-30-22)32(13-36-2)38(34,35)16-7-8-18(26)17(10-16)24(27,28)29;1-12-11-30(18-4-2-3-5-19(18)34-12)21(31)20-17(8-13(23)10-28-20)29-35(32,33)14-6-7-16(24)15(9-14)22(25,26)27/h3-11,14H,12-13H2,1-2H3;2-10,12,29H,11H2,1H3. The van der Waals surface area contributed by atoms with Crippen LogP contribution in [0, 0.1) is 0 Å². The number of hydrogen-bond donors (Lipinski definition) is 1. The molecule has 73 heavy (non-hydrogen) atoms. The number of rotatable bonds is 10. The molecule has 2 aliphatic heterocycles. The fraction of sp³-hybridized carbons (Fsp3) is 0.217. The first kappa shape index (κ1) is 54.7. The predicted molar refractivity (Wildman–Crippen MR) is 260 cm³/mol. The Labute approximate surface area is 433 Å². The topological polar surface area (TPSA) is 178 Å². The molecule has 2 amide bonds. The monoisotopic (exact) mass is 1130 g/mol. The number of para-hydroxylation sites is 4. The summed E-state index contributed by atoms with van der Waals surface area (Å²) < 4.78 is 153. The molecule has 0 spiro atoms. The first-order valence-electron chi connectivity index (χ1n) is 21.0. The van der Waals surface area contributed by atoms with Gasteiger partial charge in [-0.15, -0.1) is 0 Å². The molecular weight excluding hydrogens is 1100 g/mol. The Balaban J connectivity index is 0.000000214. The molecule has 0 fully saturated rings. The van der Waals surface area contributed by atoms with Crippen molar-refractivity contribution < 1.29 is 67.0 Å². The Hall–Kier alpha value is -6.08. The Kier molecular flexibility index (Phi) is 16.0. The van der Waals surface area contributed by atoms with Gasteiger partial charge in [0.05, 0.1) is 76.8 Å². The van der Waals surface area contributed by atoms with Crippen molar-refractivity contribution in [2.75, 3.05) is 45.8 Å². The molecule has 0 bridgehead atoms. The van der Waals surface area contributed by atoms with Gasteiger partial charge in [-0.3, -0.25) is 24.1 Å². The summed E-state index contributed by atoms with van der Waals surface area (Å²) in [6, 6.07) is 20.2. The van der Waals surface area contributed by atoms with E-state index in [2.05, 4.69) is 14.7 Å². The van der Waals surface area contributed by atoms with Crippen molar-refractivity contribution in [3.63, 3.8) is 0 Å². The molecule has 4 aromatic carbocycles. The van der Waals surface area contributed by atoms with Crippen molar-refractivity contribution in [3.05, 3.63) is 152 Å². The summed E-state index contributed by atoms with van der Waals surface area (Å²) >= 11 is 23.4. The third kappa shape index (κ3) is 12.0. The van der Waals surface area contributed by atoms with Crippen LogP contribution in [-0.2, 0) is 37.1 Å². The number of anilines is 4. The first-order chi connectivity index (χ1) is 34.2. The fourth-order valence-corrected chi connectivity index (χ4v) is 10.6. The van der Waals surface area contributed by atoms with Gasteiger partial charge >= 0.3 is 12.4 Å². The van der Waals surface area contributed by atoms with Crippen molar-refractivity contribution in [2.24, 2.45) is 0 Å². The van der Waals surface area contributed by atoms with Crippen molar-refractivity contribution in [1.29, 1.82) is 0 Å². The lowest BCUT2D eigenvalue weighted by atomic mass is 10.1. The molecule has 6 aromatic rings. The minimum Gasteiger partial charge on any atom is -0.487 e. The summed E-state index contributed by atoms with van der Waals surface area (Å²) in [5.74, 6) is -0.439. The SMILES string of the molecule is CC1CN(C(=O)c2ncc(Cl)cc2NS(=O)(=O)c2ccc(Cl)c(C(F)(F)F)c2)c2ccccc2O1.COCN(c1cc(Cl)cnc1C(=O)N1CC(C)Oc2ccccc21)S(=O)(=O)c1ccc(Cl)c(C(F)(F)F)c1. The van der Waals surface area contributed by atoms with E-state index in [9.17, 15) is 52.8 Å². The van der Waals surface area contributed by atoms with Gasteiger partial charge in [-0.1, -0.05) is 70.7 Å². The lowest BCUT2D eigenvalue weighted by molar-refractivity contribution is -0.138. The highest BCUT2D eigenvalue weighted by atomic mass is 35.5. The van der Waals surface area contributed by atoms with E-state index in [0.29, 0.717) is 39.3 Å². The molecule has 27 heteroatoms. The van der Waals surface area contributed by atoms with Crippen LogP contribution in [0.1, 0.15) is 46.0 Å². The summed E-state index contributed by atoms with van der Waals surface area (Å²) in [5.41, 5.74) is -2.97. The highest BCUT2D eigenvalue weighted by molar-refractivity contribution is 7.93. The number of halogens is 10. The molecule has 0 saturated carbocycles. The van der Waals surface area contributed by atoms with E-state index in [0.717, 1.165) is 42.7 Å². The maximum Gasteiger partial charge on any atom is 0.417 e. The van der Waals surface area contributed by atoms with Gasteiger partial charge < -0.3 is 14.2 Å². The first-order valence-corrected chi connectivity index (χ1v) is 25.4. The third-order valence-electron chi connectivity index (χ3n) is 10.6. The number of aromatic nitrogens is 2. The van der Waals surface area contributed by atoms with Crippen LogP contribution in [-0.4, -0.2) is 77.8 Å². The van der Waals surface area contributed by atoms with E-state index >= 15 is 0 Å². The van der Waals surface area contributed by atoms with Gasteiger partial charge in [-0.05, 0) is 86.6 Å². The number of hydrogen-bond acceptors (Lipinski definition) is 11. The molecule has 4 heterocycles. The van der Waals surface area contributed by atoms with Gasteiger partial charge in [0.1, 0.15) is 30.4 Å². The summed E-state index contributed by atoms with van der Waals surface area (Å²) in [4.78, 5) is 36.7. The van der Waals surface area contributed by atoms with Crippen LogP contribution in [0.3, 0.4) is 0 Å². The fourth-order valence-electron chi connectivity index (χ4n) is 7.38. The molecule has 386 valence electrons. The molecular formula is C46H36Cl4F6N6O9S2. The Bertz CT molecular complexity index is 3340. The summed E-state index contributed by atoms with van der Waals surface area (Å²) in [7, 11) is -8.14. The van der Waals surface area contributed by atoms with E-state index in [1.165, 1.54) is 23.0 Å². The molecule has 2 aromatic heterocycles. The molecule has 0 saturated heterocycles. The number of amides is 2. The minimum atomic E-state index is -4.91. The number of ether oxygens (including phenoxy) is 3. The van der Waals surface area contributed by atoms with Crippen molar-refractivity contribution in [3.8, 4) is 11.5 Å². The maximum absolute atomic E-state index is 13.8. The second kappa shape index (κ2) is 21.4. The maximum atomic E-state index is 13.8. The smallest absolute Gasteiger partial charge is 0.417 e. The molecule has 2 aliphatic rings. The molecule has 0 radical (unpaired) electrons. The largest absolute Gasteiger partial charge is 0.487 e. The summed E-state index contributed by atoms with van der Waals surface area (Å²) in [6.45, 7) is 3.13. The predicted octanol–water partition coefficient (Wildman–Crippen LogP) is 11.3. The Morgan fingerprint density at radius 2 is 1.14 bits per heavy atom. The second-order valence-corrected chi connectivity index (χ2v) is 21.1. The van der Waals surface area contributed by atoms with E-state index < -0.39 is 88.0 Å². The molecule has 2 unspecified atom stereocenters. The number of carbonyl (C=O) groups excluding carboxylic acids is 2. The molecule has 0 aliphatic carbocycles. The van der Waals surface area contributed by atoms with Crippen LogP contribution in [0.2, 0.25) is 20.1 Å². The summed E-state index contributed by atoms with van der Waals surface area (Å²) in [5, 5.41) is -1.34. The van der Waals surface area contributed by atoms with Gasteiger partial charge in [-0.25, -0.2) is 31.1 Å². The highest BCUT2D eigenvalue weighted by Crippen LogP contribution is 2.41. The number of nitrogens with one attached hydrogen (secondary N) is 1. The highest BCUT2D eigenvalue weighted by Gasteiger charge is 2.39. The van der Waals surface area contributed by atoms with Gasteiger partial charge in [0, 0.05) is 19.5 Å². The minimum absolute atomic E-state index is 0.00193. The van der Waals surface area contributed by atoms with Crippen molar-refractivity contribution >= 4 is 101 Å². The number of fused-ring (bicyclic) bond motifs is 2. The normalized spacial score (nSPS) is 15.7.